The fraction of sp³-hybridized carbons (Fsp3) is 0.625. The Bertz CT molecular complexity index is 1250. The first kappa shape index (κ1) is 33.7. The van der Waals surface area contributed by atoms with Crippen LogP contribution in [0.15, 0.2) is 30.3 Å². The van der Waals surface area contributed by atoms with Crippen molar-refractivity contribution < 1.29 is 28.8 Å². The molecule has 236 valence electrons. The van der Waals surface area contributed by atoms with Crippen LogP contribution in [0.3, 0.4) is 0 Å². The van der Waals surface area contributed by atoms with Crippen molar-refractivity contribution in [3.8, 4) is 0 Å². The molecule has 1 heterocycles. The molecule has 6 atom stereocenters. The Hall–Kier alpha value is -3.76. The number of benzene rings is 1. The number of urea groups is 1. The summed E-state index contributed by atoms with van der Waals surface area (Å²) in [6.45, 7) is 15.1. The second-order valence-corrected chi connectivity index (χ2v) is 14.0. The summed E-state index contributed by atoms with van der Waals surface area (Å²) in [5.74, 6) is -3.15. The molecule has 5 N–H and O–H groups in total. The number of carbonyl (C=O) groups is 6. The largest absolute Gasteiger partial charge is 0.363 e. The van der Waals surface area contributed by atoms with Crippen molar-refractivity contribution >= 4 is 35.3 Å². The second kappa shape index (κ2) is 12.9. The maximum atomic E-state index is 14.1. The van der Waals surface area contributed by atoms with E-state index in [1.54, 1.807) is 0 Å². The average molecular weight is 598 g/mol. The minimum Gasteiger partial charge on any atom is -0.363 e. The van der Waals surface area contributed by atoms with Gasteiger partial charge in [0.05, 0.1) is 6.04 Å². The van der Waals surface area contributed by atoms with Crippen LogP contribution >= 0.6 is 0 Å². The number of hydrogen-bond acceptors (Lipinski definition) is 6. The van der Waals surface area contributed by atoms with Crippen LogP contribution in [-0.4, -0.2) is 70.9 Å². The molecule has 43 heavy (non-hydrogen) atoms. The molecule has 0 bridgehead atoms. The number of rotatable bonds is 12. The monoisotopic (exact) mass is 597 g/mol. The van der Waals surface area contributed by atoms with E-state index < -0.39 is 59.1 Å². The summed E-state index contributed by atoms with van der Waals surface area (Å²) in [6.07, 6.45) is 0.403. The summed E-state index contributed by atoms with van der Waals surface area (Å²) in [7, 11) is 0. The van der Waals surface area contributed by atoms with Gasteiger partial charge in [-0.2, -0.15) is 0 Å². The number of fused-ring (bicyclic) bond motifs is 1. The van der Waals surface area contributed by atoms with Gasteiger partial charge in [0.25, 0.3) is 5.91 Å². The number of nitrogens with two attached hydrogens (primary N) is 1. The van der Waals surface area contributed by atoms with Crippen LogP contribution in [0.25, 0.3) is 0 Å². The summed E-state index contributed by atoms with van der Waals surface area (Å²) in [5.41, 5.74) is 5.09. The third kappa shape index (κ3) is 7.80. The Morgan fingerprint density at radius 3 is 2.12 bits per heavy atom. The van der Waals surface area contributed by atoms with Gasteiger partial charge in [-0.3, -0.25) is 24.0 Å². The van der Waals surface area contributed by atoms with Crippen LogP contribution in [0.1, 0.15) is 67.4 Å². The zero-order valence-electron chi connectivity index (χ0n) is 26.5. The zero-order chi connectivity index (χ0) is 32.4. The predicted octanol–water partition coefficient (Wildman–Crippen LogP) is 1.97. The number of primary amides is 1. The molecule has 1 aromatic rings. The number of carbonyl (C=O) groups excluding carboxylic acids is 6. The minimum atomic E-state index is -1.15. The predicted molar refractivity (Wildman–Crippen MR) is 161 cm³/mol. The molecule has 2 unspecified atom stereocenters. The zero-order valence-corrected chi connectivity index (χ0v) is 26.5. The first-order valence-electron chi connectivity index (χ1n) is 14.9. The topological polar surface area (TPSA) is 168 Å². The van der Waals surface area contributed by atoms with E-state index in [9.17, 15) is 28.8 Å². The maximum absolute atomic E-state index is 14.1. The van der Waals surface area contributed by atoms with Gasteiger partial charge in [0.15, 0.2) is 0 Å². The van der Waals surface area contributed by atoms with Gasteiger partial charge in [-0.25, -0.2) is 4.79 Å². The Morgan fingerprint density at radius 1 is 0.977 bits per heavy atom. The van der Waals surface area contributed by atoms with Crippen LogP contribution in [0.4, 0.5) is 4.79 Å². The minimum absolute atomic E-state index is 0.00884. The molecule has 0 spiro atoms. The highest BCUT2D eigenvalue weighted by molar-refractivity contribution is 6.37. The molecule has 0 radical (unpaired) electrons. The summed E-state index contributed by atoms with van der Waals surface area (Å²) in [6, 6.07) is 5.38. The van der Waals surface area contributed by atoms with Crippen LogP contribution in [-0.2, 0) is 30.4 Å². The third-order valence-electron chi connectivity index (χ3n) is 8.96. The molecule has 3 rings (SSSR count). The lowest BCUT2D eigenvalue weighted by Gasteiger charge is -2.38. The van der Waals surface area contributed by atoms with Crippen molar-refractivity contribution in [2.45, 2.75) is 92.4 Å². The van der Waals surface area contributed by atoms with Gasteiger partial charge in [0.1, 0.15) is 17.9 Å². The number of Topliss-reactive ketones (excluding diaryl/α,β-unsaturated/α-hetero) is 2. The number of ketones is 2. The van der Waals surface area contributed by atoms with E-state index in [1.807, 2.05) is 78.8 Å². The molecular formula is C32H47N5O6. The number of piperidine rings is 1. The quantitative estimate of drug-likeness (QED) is 0.269. The van der Waals surface area contributed by atoms with Gasteiger partial charge in [0.2, 0.25) is 17.6 Å². The lowest BCUT2D eigenvalue weighted by molar-refractivity contribution is -0.144. The molecular weight excluding hydrogens is 550 g/mol. The standard InChI is InChI=1S/C32H47N5O6/c1-17(2)22(15-20(38)14-19-12-10-9-11-13-19)35-30(43)36-26(31(4,5)6)29(42)37-16-21-23(32(21,7)8)24(37)28(41)34-18(3)25(39)27(33)40/h9-13,17-18,21-24,26H,14-16H2,1-8H3,(H2,33,40)(H,34,41)(H2,35,36,43)/t18?,21?,22-,23+,24+,26-/m1/s1. The van der Waals surface area contributed by atoms with Crippen LogP contribution < -0.4 is 21.7 Å². The van der Waals surface area contributed by atoms with E-state index in [4.69, 9.17) is 5.73 Å². The van der Waals surface area contributed by atoms with Crippen molar-refractivity contribution in [2.75, 3.05) is 6.54 Å². The molecule has 1 aliphatic carbocycles. The molecule has 1 saturated heterocycles. The van der Waals surface area contributed by atoms with Crippen molar-refractivity contribution in [2.24, 2.45) is 34.3 Å². The second-order valence-electron chi connectivity index (χ2n) is 14.0. The fourth-order valence-corrected chi connectivity index (χ4v) is 6.14. The summed E-state index contributed by atoms with van der Waals surface area (Å²) in [5, 5.41) is 8.28. The molecule has 1 saturated carbocycles. The van der Waals surface area contributed by atoms with Gasteiger partial charge in [-0.1, -0.05) is 78.8 Å². The Balaban J connectivity index is 1.74. The SMILES string of the molecule is CC(NC(=O)[C@@H]1[C@@H]2C(CN1C(=O)[C@@H](NC(=O)N[C@H](CC(=O)Cc1ccccc1)C(C)C)C(C)(C)C)C2(C)C)C(=O)C(N)=O. The Morgan fingerprint density at radius 2 is 1.58 bits per heavy atom. The van der Waals surface area contributed by atoms with Crippen molar-refractivity contribution in [1.29, 1.82) is 0 Å². The van der Waals surface area contributed by atoms with Gasteiger partial charge in [-0.15, -0.1) is 0 Å². The molecule has 11 nitrogen and oxygen atoms in total. The lowest BCUT2D eigenvalue weighted by Crippen LogP contribution is -2.61. The van der Waals surface area contributed by atoms with E-state index in [0.717, 1.165) is 5.56 Å². The highest BCUT2D eigenvalue weighted by atomic mass is 16.2. The van der Waals surface area contributed by atoms with Crippen molar-refractivity contribution in [3.63, 3.8) is 0 Å². The molecule has 2 aliphatic rings. The number of nitrogens with one attached hydrogen (secondary N) is 3. The summed E-state index contributed by atoms with van der Waals surface area (Å²) in [4.78, 5) is 78.4. The van der Waals surface area contributed by atoms with Crippen LogP contribution in [0, 0.1) is 28.6 Å². The third-order valence-corrected chi connectivity index (χ3v) is 8.96. The molecule has 2 fully saturated rings. The molecule has 5 amide bonds. The van der Waals surface area contributed by atoms with Gasteiger partial charge < -0.3 is 26.6 Å². The van der Waals surface area contributed by atoms with E-state index in [2.05, 4.69) is 16.0 Å². The molecule has 1 aromatic carbocycles. The van der Waals surface area contributed by atoms with Crippen molar-refractivity contribution in [3.05, 3.63) is 35.9 Å². The van der Waals surface area contributed by atoms with E-state index in [1.165, 1.54) is 11.8 Å². The molecule has 0 aromatic heterocycles. The Kier molecular flexibility index (Phi) is 10.1. The van der Waals surface area contributed by atoms with E-state index >= 15 is 0 Å². The van der Waals surface area contributed by atoms with E-state index in [-0.39, 0.29) is 41.8 Å². The Labute approximate surface area is 254 Å². The van der Waals surface area contributed by atoms with Crippen LogP contribution in [0.5, 0.6) is 0 Å². The average Bonchev–Trinajstić information content (AvgIpc) is 3.22. The lowest BCUT2D eigenvalue weighted by atomic mass is 9.85. The number of likely N-dealkylation sites (tertiary alicyclic amines) is 1. The number of hydrogen-bond donors (Lipinski definition) is 4. The van der Waals surface area contributed by atoms with Gasteiger partial charge in [0, 0.05) is 25.4 Å². The van der Waals surface area contributed by atoms with E-state index in [0.29, 0.717) is 6.54 Å². The molecule has 11 heteroatoms. The summed E-state index contributed by atoms with van der Waals surface area (Å²) >= 11 is 0. The fourth-order valence-electron chi connectivity index (χ4n) is 6.14. The van der Waals surface area contributed by atoms with Crippen molar-refractivity contribution in [1.82, 2.24) is 20.9 Å². The number of nitrogens with zero attached hydrogens (tertiary/aromatic N) is 1. The molecule has 1 aliphatic heterocycles. The first-order valence-corrected chi connectivity index (χ1v) is 14.9. The normalized spacial score (nSPS) is 22.5. The van der Waals surface area contributed by atoms with Gasteiger partial charge in [-0.05, 0) is 41.1 Å². The maximum Gasteiger partial charge on any atom is 0.315 e. The van der Waals surface area contributed by atoms with Gasteiger partial charge >= 0.3 is 6.03 Å². The highest BCUT2D eigenvalue weighted by Crippen LogP contribution is 2.65. The van der Waals surface area contributed by atoms with Crippen LogP contribution in [0.2, 0.25) is 0 Å². The number of amides is 5. The first-order chi connectivity index (χ1) is 19.9. The smallest absolute Gasteiger partial charge is 0.315 e. The summed E-state index contributed by atoms with van der Waals surface area (Å²) < 4.78 is 0. The highest BCUT2D eigenvalue weighted by Gasteiger charge is 2.69.